The van der Waals surface area contributed by atoms with E-state index in [9.17, 15) is 4.79 Å². The van der Waals surface area contributed by atoms with E-state index in [2.05, 4.69) is 30.5 Å². The van der Waals surface area contributed by atoms with Gasteiger partial charge < -0.3 is 11.1 Å². The minimum Gasteiger partial charge on any atom is -0.382 e. The van der Waals surface area contributed by atoms with Gasteiger partial charge >= 0.3 is 0 Å². The van der Waals surface area contributed by atoms with Crippen molar-refractivity contribution in [1.29, 1.82) is 0 Å². The summed E-state index contributed by atoms with van der Waals surface area (Å²) in [5.74, 6) is 0.0231. The van der Waals surface area contributed by atoms with Gasteiger partial charge in [-0.2, -0.15) is 10.2 Å². The Bertz CT molecular complexity index is 1020. The summed E-state index contributed by atoms with van der Waals surface area (Å²) in [4.78, 5) is 24.5. The summed E-state index contributed by atoms with van der Waals surface area (Å²) in [5, 5.41) is 10.9. The fraction of sp³-hybridized carbons (Fsp3) is 0.0769. The first-order valence-corrected chi connectivity index (χ1v) is 6.72. The Morgan fingerprint density at radius 2 is 2.13 bits per heavy atom. The molecule has 0 fully saturated rings. The topological polar surface area (TPSA) is 129 Å². The lowest BCUT2D eigenvalue weighted by atomic mass is 10.4. The fourth-order valence-electron chi connectivity index (χ4n) is 2.20. The van der Waals surface area contributed by atoms with Crippen LogP contribution in [0.25, 0.3) is 16.8 Å². The normalized spacial score (nSPS) is 11.1. The highest BCUT2D eigenvalue weighted by Crippen LogP contribution is 2.11. The van der Waals surface area contributed by atoms with Crippen molar-refractivity contribution in [2.24, 2.45) is 0 Å². The molecule has 4 heterocycles. The van der Waals surface area contributed by atoms with Crippen LogP contribution in [0.5, 0.6) is 0 Å². The summed E-state index contributed by atoms with van der Waals surface area (Å²) in [6.45, 7) is -0.00295. The van der Waals surface area contributed by atoms with Gasteiger partial charge in [0.05, 0.1) is 24.3 Å². The van der Waals surface area contributed by atoms with Gasteiger partial charge in [-0.15, -0.1) is 0 Å². The molecule has 0 saturated heterocycles. The molecule has 10 heteroatoms. The lowest BCUT2D eigenvalue weighted by Crippen LogP contribution is -2.20. The zero-order chi connectivity index (χ0) is 15.8. The molecule has 0 aliphatic carbocycles. The molecule has 10 nitrogen and oxygen atoms in total. The lowest BCUT2D eigenvalue weighted by molar-refractivity contribution is -0.116. The fourth-order valence-corrected chi connectivity index (χ4v) is 2.20. The van der Waals surface area contributed by atoms with Crippen molar-refractivity contribution in [1.82, 2.24) is 34.3 Å². The van der Waals surface area contributed by atoms with E-state index < -0.39 is 0 Å². The number of nitrogens with one attached hydrogen (secondary N) is 1. The number of anilines is 2. The maximum absolute atomic E-state index is 12.2. The molecular weight excluding hydrogens is 298 g/mol. The molecule has 0 aromatic carbocycles. The molecule has 4 rings (SSSR count). The van der Waals surface area contributed by atoms with Gasteiger partial charge in [0.15, 0.2) is 11.3 Å². The van der Waals surface area contributed by atoms with Gasteiger partial charge in [-0.05, 0) is 12.1 Å². The van der Waals surface area contributed by atoms with Crippen LogP contribution in [-0.4, -0.2) is 40.3 Å². The largest absolute Gasteiger partial charge is 0.382 e. The number of pyridine rings is 1. The van der Waals surface area contributed by atoms with Gasteiger partial charge in [-0.3, -0.25) is 4.79 Å². The van der Waals surface area contributed by atoms with Gasteiger partial charge in [-0.1, -0.05) is 0 Å². The highest BCUT2D eigenvalue weighted by molar-refractivity contribution is 5.91. The predicted molar refractivity (Wildman–Crippen MR) is 81.4 cm³/mol. The van der Waals surface area contributed by atoms with Crippen LogP contribution in [0.1, 0.15) is 0 Å². The van der Waals surface area contributed by atoms with E-state index in [0.717, 1.165) is 0 Å². The van der Waals surface area contributed by atoms with Crippen molar-refractivity contribution in [3.8, 4) is 0 Å². The van der Waals surface area contributed by atoms with Crippen molar-refractivity contribution in [2.45, 2.75) is 6.54 Å². The molecule has 23 heavy (non-hydrogen) atoms. The zero-order valence-electron chi connectivity index (χ0n) is 11.8. The molecule has 0 atom stereocenters. The number of fused-ring (bicyclic) bond motifs is 2. The Labute approximate surface area is 129 Å². The standard InChI is InChI=1S/C13H11N9O/c14-10-4-15-9-3-17-22(13(9)20-10)6-12(23)19-8-1-2-11-16-7-18-21(11)5-8/h1-5,7H,6H2,(H2,14,20)(H,19,23). The maximum atomic E-state index is 12.2. The van der Waals surface area contributed by atoms with E-state index in [1.807, 2.05) is 0 Å². The highest BCUT2D eigenvalue weighted by Gasteiger charge is 2.10. The smallest absolute Gasteiger partial charge is 0.246 e. The SMILES string of the molecule is Nc1cnc2cnn(CC(=O)Nc3ccc4ncnn4c3)c2n1. The molecule has 0 radical (unpaired) electrons. The van der Waals surface area contributed by atoms with Crippen LogP contribution in [0.3, 0.4) is 0 Å². The van der Waals surface area contributed by atoms with Gasteiger partial charge in [0.1, 0.15) is 24.2 Å². The monoisotopic (exact) mass is 309 g/mol. The number of nitrogen functional groups attached to an aromatic ring is 1. The number of carbonyl (C=O) groups is 1. The molecule has 0 aliphatic heterocycles. The van der Waals surface area contributed by atoms with Crippen LogP contribution in [0.4, 0.5) is 11.5 Å². The Morgan fingerprint density at radius 1 is 1.22 bits per heavy atom. The minimum absolute atomic E-state index is 0.00295. The van der Waals surface area contributed by atoms with Crippen molar-refractivity contribution < 1.29 is 4.79 Å². The lowest BCUT2D eigenvalue weighted by Gasteiger charge is -2.06. The minimum atomic E-state index is -0.251. The summed E-state index contributed by atoms with van der Waals surface area (Å²) in [5.41, 5.74) is 7.97. The van der Waals surface area contributed by atoms with E-state index >= 15 is 0 Å². The van der Waals surface area contributed by atoms with E-state index in [0.29, 0.717) is 22.5 Å². The first-order chi connectivity index (χ1) is 11.2. The quantitative estimate of drug-likeness (QED) is 0.548. The molecular formula is C13H11N9O. The molecule has 0 spiro atoms. The number of nitrogens with two attached hydrogens (primary N) is 1. The van der Waals surface area contributed by atoms with Crippen LogP contribution in [0, 0.1) is 0 Å². The summed E-state index contributed by atoms with van der Waals surface area (Å²) in [7, 11) is 0. The average Bonchev–Trinajstić information content (AvgIpc) is 3.14. The van der Waals surface area contributed by atoms with E-state index in [1.165, 1.54) is 23.4 Å². The molecule has 1 amide bonds. The third-order valence-electron chi connectivity index (χ3n) is 3.22. The summed E-state index contributed by atoms with van der Waals surface area (Å²) in [6.07, 6.45) is 6.11. The summed E-state index contributed by atoms with van der Waals surface area (Å²) >= 11 is 0. The Kier molecular flexibility index (Phi) is 2.86. The van der Waals surface area contributed by atoms with E-state index in [1.54, 1.807) is 22.8 Å². The van der Waals surface area contributed by atoms with Crippen LogP contribution in [-0.2, 0) is 11.3 Å². The zero-order valence-corrected chi connectivity index (χ0v) is 11.8. The predicted octanol–water partition coefficient (Wildman–Crippen LogP) is 0.0899. The first-order valence-electron chi connectivity index (χ1n) is 6.72. The Balaban J connectivity index is 1.55. The Hall–Kier alpha value is -3.56. The average molecular weight is 309 g/mol. The van der Waals surface area contributed by atoms with Crippen LogP contribution < -0.4 is 11.1 Å². The molecule has 0 saturated carbocycles. The van der Waals surface area contributed by atoms with Crippen molar-refractivity contribution in [2.75, 3.05) is 11.1 Å². The van der Waals surface area contributed by atoms with Gasteiger partial charge in [0, 0.05) is 0 Å². The second-order valence-electron chi connectivity index (χ2n) is 4.83. The molecule has 0 bridgehead atoms. The van der Waals surface area contributed by atoms with Crippen molar-refractivity contribution in [3.63, 3.8) is 0 Å². The molecule has 0 aliphatic rings. The molecule has 114 valence electrons. The number of carbonyl (C=O) groups excluding carboxylic acids is 1. The molecule has 3 N–H and O–H groups in total. The molecule has 4 aromatic rings. The second kappa shape index (κ2) is 5.02. The molecule has 4 aromatic heterocycles. The summed E-state index contributed by atoms with van der Waals surface area (Å²) < 4.78 is 3.02. The number of rotatable bonds is 3. The molecule has 0 unspecified atom stereocenters. The summed E-state index contributed by atoms with van der Waals surface area (Å²) in [6, 6.07) is 3.51. The van der Waals surface area contributed by atoms with Crippen LogP contribution in [0.15, 0.2) is 37.1 Å². The van der Waals surface area contributed by atoms with Crippen LogP contribution in [0.2, 0.25) is 0 Å². The third kappa shape index (κ3) is 2.41. The first kappa shape index (κ1) is 13.1. The second-order valence-corrected chi connectivity index (χ2v) is 4.83. The number of hydrogen-bond acceptors (Lipinski definition) is 7. The number of amides is 1. The van der Waals surface area contributed by atoms with Gasteiger partial charge in [-0.25, -0.2) is 24.1 Å². The highest BCUT2D eigenvalue weighted by atomic mass is 16.2. The van der Waals surface area contributed by atoms with E-state index in [-0.39, 0.29) is 18.3 Å². The third-order valence-corrected chi connectivity index (χ3v) is 3.22. The number of nitrogens with zero attached hydrogens (tertiary/aromatic N) is 7. The Morgan fingerprint density at radius 3 is 3.04 bits per heavy atom. The van der Waals surface area contributed by atoms with Crippen molar-refractivity contribution in [3.05, 3.63) is 37.1 Å². The number of hydrogen-bond donors (Lipinski definition) is 2. The van der Waals surface area contributed by atoms with Gasteiger partial charge in [0.2, 0.25) is 5.91 Å². The number of aromatic nitrogens is 7. The van der Waals surface area contributed by atoms with Crippen molar-refractivity contribution >= 4 is 34.2 Å². The maximum Gasteiger partial charge on any atom is 0.246 e. The van der Waals surface area contributed by atoms with Gasteiger partial charge in [0.25, 0.3) is 0 Å². The van der Waals surface area contributed by atoms with E-state index in [4.69, 9.17) is 5.73 Å². The van der Waals surface area contributed by atoms with Crippen LogP contribution >= 0.6 is 0 Å².